The molecule has 150 valence electrons. The van der Waals surface area contributed by atoms with Crippen molar-refractivity contribution >= 4 is 35.2 Å². The molecule has 0 bridgehead atoms. The van der Waals surface area contributed by atoms with Crippen LogP contribution in [0.1, 0.15) is 20.6 Å². The molecular formula is C15H33IN3O5Y2+. The van der Waals surface area contributed by atoms with Gasteiger partial charge in [-0.05, 0) is 11.3 Å². The van der Waals surface area contributed by atoms with E-state index in [0.29, 0.717) is 17.6 Å². The number of alkyl halides is 1. The molecule has 0 aromatic carbocycles. The van der Waals surface area contributed by atoms with Crippen molar-refractivity contribution < 1.29 is 100 Å². The predicted octanol–water partition coefficient (Wildman–Crippen LogP) is 1.29. The molecule has 0 heterocycles. The van der Waals surface area contributed by atoms with Crippen LogP contribution in [0.3, 0.4) is 0 Å². The second-order valence-corrected chi connectivity index (χ2v) is 6.90. The summed E-state index contributed by atoms with van der Waals surface area (Å²) in [5.74, 6) is 0. The molecule has 0 aliphatic carbocycles. The number of hydrogen-bond donors (Lipinski definition) is 1. The van der Waals surface area contributed by atoms with E-state index in [1.807, 2.05) is 47.2 Å². The maximum absolute atomic E-state index is 10.1. The first-order chi connectivity index (χ1) is 11.3. The summed E-state index contributed by atoms with van der Waals surface area (Å²) >= 11 is 2.15. The van der Waals surface area contributed by atoms with E-state index in [9.17, 15) is 14.5 Å². The number of quaternary nitrogens is 2. The zero-order valence-corrected chi connectivity index (χ0v) is 24.8. The van der Waals surface area contributed by atoms with E-state index in [1.54, 1.807) is 12.6 Å². The largest absolute Gasteiger partial charge is 0.542 e. The van der Waals surface area contributed by atoms with E-state index in [1.165, 1.54) is 0 Å². The van der Waals surface area contributed by atoms with E-state index in [2.05, 4.69) is 27.4 Å². The van der Waals surface area contributed by atoms with Gasteiger partial charge in [0.1, 0.15) is 11.5 Å². The van der Waals surface area contributed by atoms with Gasteiger partial charge in [-0.3, -0.25) is 12.6 Å². The van der Waals surface area contributed by atoms with Gasteiger partial charge in [0.25, 0.3) is 0 Å². The van der Waals surface area contributed by atoms with Gasteiger partial charge in [-0.25, -0.2) is 5.21 Å². The summed E-state index contributed by atoms with van der Waals surface area (Å²) in [6.45, 7) is 1.14. The predicted molar refractivity (Wildman–Crippen MR) is 101 cm³/mol. The third kappa shape index (κ3) is 40.2. The standard InChI is InChI=1S/C7H15N2O4.C7H15NO.CH3I.2Y/c1-9(2,3)6-7(4-5-10)13-8(11)12;1-8(2,3)6-4-5-7-9;1-2;;/h7H,4,6H2,1-3H3,(H,11,12);4-6H2,1-3H3;1H3;;/q+1;;;;/i;4T;;;. The van der Waals surface area contributed by atoms with E-state index in [-0.39, 0.29) is 84.7 Å². The zero-order valence-electron chi connectivity index (χ0n) is 17.9. The van der Waals surface area contributed by atoms with E-state index >= 15 is 0 Å². The van der Waals surface area contributed by atoms with Crippen LogP contribution >= 0.6 is 22.6 Å². The third-order valence-corrected chi connectivity index (χ3v) is 2.21. The van der Waals surface area contributed by atoms with Crippen LogP contribution in [0.2, 0.25) is 0 Å². The van der Waals surface area contributed by atoms with E-state index in [0.717, 1.165) is 4.48 Å². The Labute approximate surface area is 223 Å². The minimum atomic E-state index is -0.639. The fourth-order valence-electron chi connectivity index (χ4n) is 1.48. The molecule has 2 unspecified atom stereocenters. The zero-order chi connectivity index (χ0) is 20.7. The van der Waals surface area contributed by atoms with Gasteiger partial charge in [-0.15, -0.1) is 12.8 Å². The second kappa shape index (κ2) is 22.7. The van der Waals surface area contributed by atoms with Gasteiger partial charge in [-0.1, -0.05) is 22.6 Å². The van der Waals surface area contributed by atoms with Crippen molar-refractivity contribution in [2.24, 2.45) is 0 Å². The first-order valence-electron chi connectivity index (χ1n) is 7.82. The Hall–Kier alpha value is 1.40. The number of nitrogens with zero attached hydrogens (tertiary/aromatic N) is 3. The minimum absolute atomic E-state index is 0. The van der Waals surface area contributed by atoms with Crippen molar-refractivity contribution in [2.45, 2.75) is 25.3 Å². The second-order valence-electron chi connectivity index (χ2n) is 6.90. The molecule has 0 aliphatic rings. The molecule has 0 fully saturated rings. The average Bonchev–Trinajstić information content (AvgIpc) is 2.37. The molecule has 0 aromatic rings. The van der Waals surface area contributed by atoms with Crippen LogP contribution in [0, 0.1) is 4.91 Å². The summed E-state index contributed by atoms with van der Waals surface area (Å²) in [4.78, 5) is 36.4. The van der Waals surface area contributed by atoms with Gasteiger partial charge in [0.2, 0.25) is 6.10 Å². The number of halogens is 1. The molecule has 8 nitrogen and oxygen atoms in total. The molecule has 2 atom stereocenters. The quantitative estimate of drug-likeness (QED) is 0.128. The molecule has 26 heavy (non-hydrogen) atoms. The molecule has 0 saturated heterocycles. The molecule has 11 heteroatoms. The van der Waals surface area contributed by atoms with Gasteiger partial charge >= 0.3 is 5.09 Å². The number of hydrogen-bond acceptors (Lipinski definition) is 4. The fraction of sp³-hybridized carbons (Fsp3) is 0.867. The van der Waals surface area contributed by atoms with E-state index < -0.39 is 11.2 Å². The van der Waals surface area contributed by atoms with Crippen molar-refractivity contribution in [3.63, 3.8) is 0 Å². The Balaban J connectivity index is -0.000000105. The van der Waals surface area contributed by atoms with Crippen LogP contribution in [0.25, 0.3) is 0 Å². The number of rotatable bonds is 10. The molecule has 0 amide bonds. The maximum Gasteiger partial charge on any atom is 0.475 e. The third-order valence-electron chi connectivity index (χ3n) is 2.21. The van der Waals surface area contributed by atoms with Gasteiger partial charge in [-0.2, -0.15) is 4.84 Å². The normalized spacial score (nSPS) is 12.7. The van der Waals surface area contributed by atoms with Crippen LogP contribution in [0.5, 0.6) is 0 Å². The summed E-state index contributed by atoms with van der Waals surface area (Å²) in [5.41, 5.74) is 0. The first kappa shape index (κ1) is 34.9. The Morgan fingerprint density at radius 2 is 1.54 bits per heavy atom. The van der Waals surface area contributed by atoms with E-state index in [4.69, 9.17) is 6.58 Å². The molecule has 0 spiro atoms. The minimum Gasteiger partial charge on any atom is -0.542 e. The van der Waals surface area contributed by atoms with Crippen molar-refractivity contribution in [2.75, 3.05) is 60.3 Å². The summed E-state index contributed by atoms with van der Waals surface area (Å²) in [5, 5.41) is 7.64. The Morgan fingerprint density at radius 3 is 1.81 bits per heavy atom. The van der Waals surface area contributed by atoms with Crippen LogP contribution in [-0.4, -0.2) is 98.2 Å². The molecule has 2 radical (unpaired) electrons. The van der Waals surface area contributed by atoms with Gasteiger partial charge < -0.3 is 18.6 Å². The van der Waals surface area contributed by atoms with Crippen molar-refractivity contribution in [1.29, 1.82) is 0 Å². The molecule has 0 saturated carbocycles. The van der Waals surface area contributed by atoms with Crippen LogP contribution < -0.4 is 0 Å². The van der Waals surface area contributed by atoms with Crippen LogP contribution in [0.4, 0.5) is 0 Å². The van der Waals surface area contributed by atoms with Gasteiger partial charge in [0.15, 0.2) is 0 Å². The van der Waals surface area contributed by atoms with Crippen molar-refractivity contribution in [3.05, 3.63) is 4.91 Å². The fourth-order valence-corrected chi connectivity index (χ4v) is 1.48. The monoisotopic (exact) mass is 642 g/mol. The smallest absolute Gasteiger partial charge is 0.475 e. The topological polar surface area (TPSA) is 83.7 Å². The average molecular weight is 642 g/mol. The number of likely N-dealkylation sites (N-methyl/N-ethyl adjacent to an activating group) is 1. The first-order valence-corrected chi connectivity index (χ1v) is 9.40. The summed E-state index contributed by atoms with van der Waals surface area (Å²) in [6, 6.07) is 0. The van der Waals surface area contributed by atoms with Gasteiger partial charge in [0.05, 0.1) is 48.8 Å². The molecular weight excluding hydrogens is 607 g/mol. The van der Waals surface area contributed by atoms with Gasteiger partial charge in [0, 0.05) is 66.8 Å². The Bertz CT molecular complexity index is 383. The van der Waals surface area contributed by atoms with Crippen molar-refractivity contribution in [3.8, 4) is 0 Å². The molecule has 0 aromatic heterocycles. The molecule has 0 rings (SSSR count). The molecule has 1 N–H and O–H groups in total. The Morgan fingerprint density at radius 1 is 1.08 bits per heavy atom. The maximum atomic E-state index is 10.1. The summed E-state index contributed by atoms with van der Waals surface area (Å²) in [6.07, 6.45) is 2.64. The SMILES string of the molecule is CI.C[N+](C)(C)CC(C[C-]=O)O[N+](=O)O.[3H]C(C[C-]=O)C[N+](C)(C)C.[Y].[Y]. The van der Waals surface area contributed by atoms with Crippen LogP contribution in [0.15, 0.2) is 0 Å². The van der Waals surface area contributed by atoms with Crippen LogP contribution in [-0.2, 0) is 79.8 Å². The molecule has 0 aliphatic heterocycles. The number of carbonyl (C=O) groups excluding carboxylic acids is 2. The van der Waals surface area contributed by atoms with Crippen molar-refractivity contribution in [1.82, 2.24) is 0 Å². The summed E-state index contributed by atoms with van der Waals surface area (Å²) < 4.78 is 8.61. The Kier molecular flexibility index (Phi) is 30.4. The summed E-state index contributed by atoms with van der Waals surface area (Å²) in [7, 11) is 11.7.